The number of aliphatic hydroxyl groups excluding tert-OH is 1. The van der Waals surface area contributed by atoms with Gasteiger partial charge in [0.25, 0.3) is 0 Å². The van der Waals surface area contributed by atoms with E-state index >= 15 is 0 Å². The predicted molar refractivity (Wildman–Crippen MR) is 126 cm³/mol. The predicted octanol–water partition coefficient (Wildman–Crippen LogP) is 4.55. The Hall–Kier alpha value is -2.61. The van der Waals surface area contributed by atoms with Crippen molar-refractivity contribution in [2.24, 2.45) is 0 Å². The van der Waals surface area contributed by atoms with Crippen molar-refractivity contribution in [1.29, 1.82) is 0 Å². The van der Waals surface area contributed by atoms with Crippen molar-refractivity contribution < 1.29 is 34.8 Å². The standard InChI is InChI=1S/C25H31ClO7/c1-33-21-12-9-18(10-13-21)22-14-19(26)11-8-17(22)6-4-2-3-5-7-20(27)15-25(32,24(30)31)16-23(28)29/h8-14,20,27,32H,2-7,15-16H2,1H3,(H,28,29)(H,30,31)/t20-,25+/m1/s1. The number of carboxylic acid groups (broad SMARTS) is 2. The molecule has 0 saturated carbocycles. The van der Waals surface area contributed by atoms with E-state index in [1.807, 2.05) is 42.5 Å². The number of aliphatic carboxylic acids is 2. The lowest BCUT2D eigenvalue weighted by Gasteiger charge is -2.24. The minimum absolute atomic E-state index is 0.299. The summed E-state index contributed by atoms with van der Waals surface area (Å²) in [4.78, 5) is 22.0. The van der Waals surface area contributed by atoms with Crippen molar-refractivity contribution in [2.75, 3.05) is 7.11 Å². The van der Waals surface area contributed by atoms with E-state index in [4.69, 9.17) is 26.6 Å². The van der Waals surface area contributed by atoms with Gasteiger partial charge in [0.2, 0.25) is 0 Å². The second kappa shape index (κ2) is 12.6. The van der Waals surface area contributed by atoms with E-state index in [2.05, 4.69) is 0 Å². The number of halogens is 1. The lowest BCUT2D eigenvalue weighted by molar-refractivity contribution is -0.168. The molecule has 0 heterocycles. The molecule has 4 N–H and O–H groups in total. The molecule has 180 valence electrons. The zero-order valence-corrected chi connectivity index (χ0v) is 19.4. The number of carbonyl (C=O) groups is 2. The molecule has 0 radical (unpaired) electrons. The van der Waals surface area contributed by atoms with Gasteiger partial charge in [-0.25, -0.2) is 4.79 Å². The molecule has 0 saturated heterocycles. The van der Waals surface area contributed by atoms with Crippen LogP contribution in [0.25, 0.3) is 11.1 Å². The van der Waals surface area contributed by atoms with Gasteiger partial charge in [0.15, 0.2) is 5.60 Å². The van der Waals surface area contributed by atoms with Crippen LogP contribution in [0.3, 0.4) is 0 Å². The molecular weight excluding hydrogens is 448 g/mol. The van der Waals surface area contributed by atoms with E-state index in [1.54, 1.807) is 7.11 Å². The number of aryl methyl sites for hydroxylation is 1. The molecule has 0 aliphatic carbocycles. The third-order valence-electron chi connectivity index (χ3n) is 5.62. The maximum atomic E-state index is 11.2. The third-order valence-corrected chi connectivity index (χ3v) is 5.86. The fourth-order valence-electron chi connectivity index (χ4n) is 3.83. The summed E-state index contributed by atoms with van der Waals surface area (Å²) in [6.07, 6.45) is 1.94. The van der Waals surface area contributed by atoms with Crippen LogP contribution in [0, 0.1) is 0 Å². The zero-order valence-electron chi connectivity index (χ0n) is 18.7. The highest BCUT2D eigenvalue weighted by Gasteiger charge is 2.40. The van der Waals surface area contributed by atoms with Crippen LogP contribution in [-0.4, -0.2) is 51.2 Å². The van der Waals surface area contributed by atoms with E-state index in [1.165, 1.54) is 5.56 Å². The Morgan fingerprint density at radius 3 is 2.30 bits per heavy atom. The van der Waals surface area contributed by atoms with Crippen LogP contribution in [0.4, 0.5) is 0 Å². The minimum Gasteiger partial charge on any atom is -0.497 e. The first-order valence-corrected chi connectivity index (χ1v) is 11.3. The Kier molecular flexibility index (Phi) is 10.2. The van der Waals surface area contributed by atoms with Crippen molar-refractivity contribution in [3.63, 3.8) is 0 Å². The molecule has 0 bridgehead atoms. The molecule has 0 amide bonds. The van der Waals surface area contributed by atoms with Crippen LogP contribution in [0.15, 0.2) is 42.5 Å². The van der Waals surface area contributed by atoms with Gasteiger partial charge in [-0.3, -0.25) is 4.79 Å². The first-order valence-electron chi connectivity index (χ1n) is 10.9. The molecule has 0 spiro atoms. The fraction of sp³-hybridized carbons (Fsp3) is 0.440. The van der Waals surface area contributed by atoms with Gasteiger partial charge in [-0.1, -0.05) is 49.1 Å². The summed E-state index contributed by atoms with van der Waals surface area (Å²) < 4.78 is 5.22. The van der Waals surface area contributed by atoms with Gasteiger partial charge in [-0.05, 0) is 60.2 Å². The van der Waals surface area contributed by atoms with Crippen LogP contribution >= 0.6 is 11.6 Å². The van der Waals surface area contributed by atoms with E-state index < -0.39 is 36.5 Å². The first-order chi connectivity index (χ1) is 15.6. The second-order valence-electron chi connectivity index (χ2n) is 8.25. The molecule has 33 heavy (non-hydrogen) atoms. The molecule has 2 aromatic rings. The first kappa shape index (κ1) is 26.6. The van der Waals surface area contributed by atoms with E-state index in [0.29, 0.717) is 17.9 Å². The van der Waals surface area contributed by atoms with Crippen LogP contribution in [0.1, 0.15) is 50.5 Å². The van der Waals surface area contributed by atoms with Crippen molar-refractivity contribution >= 4 is 23.5 Å². The number of aliphatic hydroxyl groups is 2. The molecule has 8 heteroatoms. The molecule has 0 aromatic heterocycles. The molecule has 7 nitrogen and oxygen atoms in total. The monoisotopic (exact) mass is 478 g/mol. The summed E-state index contributed by atoms with van der Waals surface area (Å²) in [6, 6.07) is 13.7. The van der Waals surface area contributed by atoms with E-state index in [-0.39, 0.29) is 0 Å². The lowest BCUT2D eigenvalue weighted by Crippen LogP contribution is -2.43. The number of hydrogen-bond donors (Lipinski definition) is 4. The van der Waals surface area contributed by atoms with Gasteiger partial charge in [-0.2, -0.15) is 0 Å². The van der Waals surface area contributed by atoms with Gasteiger partial charge in [0.05, 0.1) is 19.6 Å². The molecule has 0 aliphatic rings. The van der Waals surface area contributed by atoms with Crippen molar-refractivity contribution in [2.45, 2.75) is 63.1 Å². The number of ether oxygens (including phenoxy) is 1. The molecule has 0 aliphatic heterocycles. The topological polar surface area (TPSA) is 124 Å². The second-order valence-corrected chi connectivity index (χ2v) is 8.68. The molecular formula is C25H31ClO7. The number of methoxy groups -OCH3 is 1. The average molecular weight is 479 g/mol. The summed E-state index contributed by atoms with van der Waals surface area (Å²) in [6.45, 7) is 0. The van der Waals surface area contributed by atoms with Crippen molar-refractivity contribution in [1.82, 2.24) is 0 Å². The fourth-order valence-corrected chi connectivity index (χ4v) is 4.00. The van der Waals surface area contributed by atoms with Crippen molar-refractivity contribution in [3.8, 4) is 16.9 Å². The van der Waals surface area contributed by atoms with Gasteiger partial charge >= 0.3 is 11.9 Å². The molecule has 2 atom stereocenters. The third kappa shape index (κ3) is 8.35. The maximum Gasteiger partial charge on any atom is 0.336 e. The van der Waals surface area contributed by atoms with Crippen LogP contribution < -0.4 is 4.74 Å². The largest absolute Gasteiger partial charge is 0.497 e. The summed E-state index contributed by atoms with van der Waals surface area (Å²) in [5.74, 6) is -2.28. The molecule has 0 unspecified atom stereocenters. The van der Waals surface area contributed by atoms with Crippen LogP contribution in [0.2, 0.25) is 5.02 Å². The number of unbranched alkanes of at least 4 members (excludes halogenated alkanes) is 3. The SMILES string of the molecule is COc1ccc(-c2cc(Cl)ccc2CCCCCC[C@@H](O)C[C@](O)(CC(=O)O)C(=O)O)cc1. The molecule has 0 fully saturated rings. The highest BCUT2D eigenvalue weighted by Crippen LogP contribution is 2.30. The molecule has 2 rings (SSSR count). The van der Waals surface area contributed by atoms with Crippen LogP contribution in [-0.2, 0) is 16.0 Å². The summed E-state index contributed by atoms with van der Waals surface area (Å²) in [5, 5.41) is 38.6. The highest BCUT2D eigenvalue weighted by molar-refractivity contribution is 6.30. The number of rotatable bonds is 14. The smallest absolute Gasteiger partial charge is 0.336 e. The van der Waals surface area contributed by atoms with Crippen molar-refractivity contribution in [3.05, 3.63) is 53.1 Å². The summed E-state index contributed by atoms with van der Waals surface area (Å²) in [5.41, 5.74) is 0.859. The number of hydrogen-bond acceptors (Lipinski definition) is 5. The summed E-state index contributed by atoms with van der Waals surface area (Å²) in [7, 11) is 1.63. The summed E-state index contributed by atoms with van der Waals surface area (Å²) >= 11 is 6.22. The quantitative estimate of drug-likeness (QED) is 0.293. The minimum atomic E-state index is -2.46. The van der Waals surface area contributed by atoms with Crippen LogP contribution in [0.5, 0.6) is 5.75 Å². The van der Waals surface area contributed by atoms with Gasteiger partial charge in [0.1, 0.15) is 5.75 Å². The Morgan fingerprint density at radius 2 is 1.70 bits per heavy atom. The van der Waals surface area contributed by atoms with E-state index in [9.17, 15) is 19.8 Å². The van der Waals surface area contributed by atoms with Gasteiger partial charge in [0, 0.05) is 11.4 Å². The van der Waals surface area contributed by atoms with Gasteiger partial charge in [-0.15, -0.1) is 0 Å². The highest BCUT2D eigenvalue weighted by atomic mass is 35.5. The Balaban J connectivity index is 1.82. The average Bonchev–Trinajstić information content (AvgIpc) is 2.76. The molecule has 2 aromatic carbocycles. The number of benzene rings is 2. The Morgan fingerprint density at radius 1 is 1.03 bits per heavy atom. The maximum absolute atomic E-state index is 11.2. The normalized spacial score (nSPS) is 13.8. The van der Waals surface area contributed by atoms with Gasteiger partial charge < -0.3 is 25.2 Å². The Bertz CT molecular complexity index is 929. The Labute approximate surface area is 198 Å². The zero-order chi connectivity index (χ0) is 24.4. The lowest BCUT2D eigenvalue weighted by atomic mass is 9.90. The van der Waals surface area contributed by atoms with E-state index in [0.717, 1.165) is 42.6 Å². The number of carboxylic acids is 2.